The van der Waals surface area contributed by atoms with Crippen LogP contribution in [0.1, 0.15) is 77.5 Å². The molecule has 0 bridgehead atoms. The van der Waals surface area contributed by atoms with Crippen LogP contribution in [-0.2, 0) is 71.2 Å². The zero-order valence-electron chi connectivity index (χ0n) is 43.7. The number of carbonyl (C=O) groups is 10. The topological polar surface area (TPSA) is 364 Å². The summed E-state index contributed by atoms with van der Waals surface area (Å²) in [5, 5.41) is 45.3. The number of aliphatic hydroxyl groups is 1. The lowest BCUT2D eigenvalue weighted by Crippen LogP contribution is -2.60. The summed E-state index contributed by atoms with van der Waals surface area (Å²) in [4.78, 5) is 128. The standard InChI is InChI=1S/C51H69N9O16/c1-28(47(69)70)17-19-59(8)46(68)43(50(2,3)4)58-45(67)42(53-7)51(5,6)31-10-9-11-32(21-31)57-49(73)74-27-29-12-13-35(75-41-23-33(61)22-36(76-41)48(71)72)30(20-29)25-55-37(62)16-18-54-38(63)26-56-44(66)34(24-52)60-39(64)14-15-40(60)65/h9-15,17,20-21,33-34,36,41-43,53,61H,16,18-19,22-27,52H2,1-8H3,(H,54,63)(H,55,62)(H,56,66)(H,57,73)(H,58,67)(H,69,70)(H,71,72)/b28-17+. The third kappa shape index (κ3) is 17.2. The maximum absolute atomic E-state index is 14.0. The van der Waals surface area contributed by atoms with Crippen LogP contribution in [0, 0.1) is 5.41 Å². The zero-order chi connectivity index (χ0) is 56.7. The fraction of sp³-hybridized carbons (Fsp3) is 0.490. The van der Waals surface area contributed by atoms with Gasteiger partial charge in [-0.15, -0.1) is 0 Å². The van der Waals surface area contributed by atoms with Gasteiger partial charge in [-0.2, -0.15) is 0 Å². The highest BCUT2D eigenvalue weighted by atomic mass is 16.7. The Hall–Kier alpha value is -7.74. The van der Waals surface area contributed by atoms with Gasteiger partial charge in [0.1, 0.15) is 24.4 Å². The number of carboxylic acids is 2. The summed E-state index contributed by atoms with van der Waals surface area (Å²) in [6, 6.07) is 8.16. The van der Waals surface area contributed by atoms with E-state index in [0.717, 1.165) is 12.2 Å². The van der Waals surface area contributed by atoms with E-state index in [-0.39, 0.29) is 63.4 Å². The number of benzene rings is 2. The average Bonchev–Trinajstić information content (AvgIpc) is 3.68. The fourth-order valence-corrected chi connectivity index (χ4v) is 8.04. The molecule has 76 heavy (non-hydrogen) atoms. The molecule has 414 valence electrons. The van der Waals surface area contributed by atoms with Crippen molar-refractivity contribution in [2.75, 3.05) is 45.6 Å². The van der Waals surface area contributed by atoms with Crippen LogP contribution < -0.4 is 42.4 Å². The van der Waals surface area contributed by atoms with Crippen molar-refractivity contribution in [3.05, 3.63) is 83.0 Å². The van der Waals surface area contributed by atoms with Gasteiger partial charge in [-0.05, 0) is 54.8 Å². The first-order chi connectivity index (χ1) is 35.7. The largest absolute Gasteiger partial charge is 0.479 e. The lowest BCUT2D eigenvalue weighted by atomic mass is 9.76. The number of likely N-dealkylation sites (N-methyl/N-ethyl adjacent to an activating group) is 2. The second-order valence-corrected chi connectivity index (χ2v) is 19.7. The predicted molar refractivity (Wildman–Crippen MR) is 271 cm³/mol. The van der Waals surface area contributed by atoms with Crippen molar-refractivity contribution >= 4 is 65.1 Å². The van der Waals surface area contributed by atoms with E-state index in [9.17, 15) is 63.3 Å². The molecule has 1 saturated heterocycles. The van der Waals surface area contributed by atoms with Crippen molar-refractivity contribution in [1.82, 2.24) is 36.4 Å². The number of hydrogen-bond donors (Lipinski definition) is 10. The minimum Gasteiger partial charge on any atom is -0.479 e. The Balaban J connectivity index is 1.40. The molecule has 0 spiro atoms. The number of hydrogen-bond acceptors (Lipinski definition) is 16. The summed E-state index contributed by atoms with van der Waals surface area (Å²) < 4.78 is 17.1. The third-order valence-corrected chi connectivity index (χ3v) is 12.5. The molecular formula is C51H69N9O16. The van der Waals surface area contributed by atoms with Crippen molar-refractivity contribution in [2.45, 2.75) is 116 Å². The summed E-state index contributed by atoms with van der Waals surface area (Å²) in [5.74, 6) is -6.64. The van der Waals surface area contributed by atoms with Crippen LogP contribution in [0.15, 0.2) is 66.3 Å². The van der Waals surface area contributed by atoms with Gasteiger partial charge in [0, 0.05) is 86.9 Å². The third-order valence-electron chi connectivity index (χ3n) is 12.5. The molecule has 6 atom stereocenters. The van der Waals surface area contributed by atoms with E-state index < -0.39 is 113 Å². The maximum Gasteiger partial charge on any atom is 0.411 e. The SMILES string of the molecule is CNC(C(=O)NC(C(=O)N(C)C/C=C(\C)C(=O)O)C(C)(C)C)C(C)(C)c1cccc(NC(=O)OCc2ccc(OC3CC(O)CC(C(=O)O)O3)c(CNC(=O)CCNC(=O)CNC(=O)C(CN)N3C(=O)C=CC3=O)c2)c1. The molecule has 2 aliphatic rings. The summed E-state index contributed by atoms with van der Waals surface area (Å²) in [5.41, 5.74) is 5.73. The zero-order valence-corrected chi connectivity index (χ0v) is 43.7. The second kappa shape index (κ2) is 27.2. The number of rotatable bonds is 25. The van der Waals surface area contributed by atoms with Crippen LogP contribution in [0.3, 0.4) is 0 Å². The van der Waals surface area contributed by atoms with Crippen molar-refractivity contribution < 1.29 is 77.5 Å². The van der Waals surface area contributed by atoms with Crippen LogP contribution in [-0.4, -0.2) is 161 Å². The predicted octanol–water partition coefficient (Wildman–Crippen LogP) is 0.142. The number of anilines is 1. The summed E-state index contributed by atoms with van der Waals surface area (Å²) in [7, 11) is 3.13. The first-order valence-corrected chi connectivity index (χ1v) is 24.2. The van der Waals surface area contributed by atoms with Crippen molar-refractivity contribution in [3.8, 4) is 5.75 Å². The number of imide groups is 1. The van der Waals surface area contributed by atoms with Gasteiger partial charge in [-0.3, -0.25) is 43.8 Å². The lowest BCUT2D eigenvalue weighted by molar-refractivity contribution is -0.195. The normalized spacial score (nSPS) is 17.9. The number of carboxylic acid groups (broad SMARTS) is 2. The van der Waals surface area contributed by atoms with Gasteiger partial charge in [0.25, 0.3) is 11.8 Å². The first kappa shape index (κ1) is 60.8. The van der Waals surface area contributed by atoms with Gasteiger partial charge in [0.05, 0.1) is 18.7 Å². The number of aliphatic hydroxyl groups excluding tert-OH is 1. The molecule has 6 unspecified atom stereocenters. The molecule has 1 fully saturated rings. The molecule has 0 aliphatic carbocycles. The van der Waals surface area contributed by atoms with Gasteiger partial charge < -0.3 is 66.7 Å². The lowest BCUT2D eigenvalue weighted by Gasteiger charge is -2.38. The van der Waals surface area contributed by atoms with Crippen LogP contribution in [0.5, 0.6) is 5.75 Å². The molecule has 0 aromatic heterocycles. The average molecular weight is 1060 g/mol. The molecule has 4 rings (SSSR count). The number of ether oxygens (including phenoxy) is 3. The van der Waals surface area contributed by atoms with E-state index in [4.69, 9.17) is 19.9 Å². The Morgan fingerprint density at radius 3 is 2.21 bits per heavy atom. The number of aliphatic carboxylic acids is 2. The number of amides is 8. The van der Waals surface area contributed by atoms with Gasteiger partial charge in [0.15, 0.2) is 6.10 Å². The maximum atomic E-state index is 14.0. The van der Waals surface area contributed by atoms with E-state index in [1.54, 1.807) is 64.2 Å². The molecule has 2 aromatic carbocycles. The molecule has 11 N–H and O–H groups in total. The van der Waals surface area contributed by atoms with E-state index in [2.05, 4.69) is 31.9 Å². The highest BCUT2D eigenvalue weighted by Crippen LogP contribution is 2.31. The second-order valence-electron chi connectivity index (χ2n) is 19.7. The summed E-state index contributed by atoms with van der Waals surface area (Å²) in [6.07, 6.45) is -1.46. The molecule has 0 radical (unpaired) electrons. The molecule has 25 nitrogen and oxygen atoms in total. The quantitative estimate of drug-likeness (QED) is 0.0467. The van der Waals surface area contributed by atoms with E-state index in [1.807, 2.05) is 13.8 Å². The minimum absolute atomic E-state index is 0.0134. The summed E-state index contributed by atoms with van der Waals surface area (Å²) >= 11 is 0. The molecule has 2 heterocycles. The van der Waals surface area contributed by atoms with Crippen LogP contribution in [0.2, 0.25) is 0 Å². The fourth-order valence-electron chi connectivity index (χ4n) is 8.04. The van der Waals surface area contributed by atoms with Gasteiger partial charge in [-0.1, -0.05) is 58.9 Å². The monoisotopic (exact) mass is 1060 g/mol. The Kier molecular flexibility index (Phi) is 21.7. The number of nitrogens with zero attached hydrogens (tertiary/aromatic N) is 2. The van der Waals surface area contributed by atoms with Gasteiger partial charge in [0.2, 0.25) is 35.8 Å². The summed E-state index contributed by atoms with van der Waals surface area (Å²) in [6.45, 7) is 8.93. The van der Waals surface area contributed by atoms with Crippen LogP contribution in [0.4, 0.5) is 10.5 Å². The van der Waals surface area contributed by atoms with E-state index in [0.29, 0.717) is 27.3 Å². The smallest absolute Gasteiger partial charge is 0.411 e. The molecular weight excluding hydrogens is 995 g/mol. The van der Waals surface area contributed by atoms with E-state index in [1.165, 1.54) is 31.0 Å². The Morgan fingerprint density at radius 1 is 0.908 bits per heavy atom. The van der Waals surface area contributed by atoms with Crippen molar-refractivity contribution in [3.63, 3.8) is 0 Å². The Labute approximate surface area is 439 Å². The van der Waals surface area contributed by atoms with E-state index >= 15 is 0 Å². The highest BCUT2D eigenvalue weighted by molar-refractivity contribution is 6.15. The van der Waals surface area contributed by atoms with Crippen molar-refractivity contribution in [1.29, 1.82) is 0 Å². The number of nitrogens with one attached hydrogen (secondary N) is 6. The Morgan fingerprint density at radius 2 is 1.59 bits per heavy atom. The van der Waals surface area contributed by atoms with Crippen LogP contribution >= 0.6 is 0 Å². The minimum atomic E-state index is -1.34. The first-order valence-electron chi connectivity index (χ1n) is 24.2. The molecule has 25 heteroatoms. The Bertz CT molecular complexity index is 2560. The van der Waals surface area contributed by atoms with Gasteiger partial charge >= 0.3 is 18.0 Å². The van der Waals surface area contributed by atoms with Crippen molar-refractivity contribution in [2.24, 2.45) is 11.1 Å². The molecule has 0 saturated carbocycles. The molecule has 2 aliphatic heterocycles. The molecule has 8 amide bonds. The number of carbonyl (C=O) groups excluding carboxylic acids is 8. The van der Waals surface area contributed by atoms with Crippen LogP contribution in [0.25, 0.3) is 0 Å². The highest BCUT2D eigenvalue weighted by Gasteiger charge is 2.41. The van der Waals surface area contributed by atoms with Gasteiger partial charge in [-0.25, -0.2) is 14.4 Å². The molecule has 2 aromatic rings. The number of nitrogens with two attached hydrogens (primary N) is 1.